The Bertz CT molecular complexity index is 1470. The molecule has 4 aromatic rings. The van der Waals surface area contributed by atoms with Gasteiger partial charge >= 0.3 is 0 Å². The lowest BCUT2D eigenvalue weighted by Gasteiger charge is -2.35. The van der Waals surface area contributed by atoms with Gasteiger partial charge in [0, 0.05) is 11.7 Å². The van der Waals surface area contributed by atoms with Gasteiger partial charge in [0.2, 0.25) is 6.10 Å². The number of para-hydroxylation sites is 2. The van der Waals surface area contributed by atoms with E-state index in [2.05, 4.69) is 20.8 Å². The Hall–Kier alpha value is -4.67. The second kappa shape index (κ2) is 11.2. The molecule has 3 heterocycles. The van der Waals surface area contributed by atoms with Crippen LogP contribution in [0.3, 0.4) is 0 Å². The van der Waals surface area contributed by atoms with Crippen molar-refractivity contribution in [3.63, 3.8) is 0 Å². The Kier molecular flexibility index (Phi) is 7.17. The largest absolute Gasteiger partial charge is 0.485 e. The molecule has 40 heavy (non-hydrogen) atoms. The maximum absolute atomic E-state index is 14.3. The van der Waals surface area contributed by atoms with Crippen LogP contribution in [0.4, 0.5) is 5.69 Å². The van der Waals surface area contributed by atoms with Crippen molar-refractivity contribution in [3.05, 3.63) is 78.5 Å². The van der Waals surface area contributed by atoms with E-state index in [-0.39, 0.29) is 18.6 Å². The number of furan rings is 1. The predicted molar refractivity (Wildman–Crippen MR) is 144 cm³/mol. The summed E-state index contributed by atoms with van der Waals surface area (Å²) < 4.78 is 19.3. The van der Waals surface area contributed by atoms with E-state index >= 15 is 0 Å². The number of amides is 2. The van der Waals surface area contributed by atoms with Crippen LogP contribution in [-0.4, -0.2) is 50.8 Å². The van der Waals surface area contributed by atoms with E-state index in [0.717, 1.165) is 43.4 Å². The number of nitrogens with zero attached hydrogens (tertiary/aromatic N) is 5. The molecule has 1 aliphatic heterocycles. The first-order valence-corrected chi connectivity index (χ1v) is 13.5. The summed E-state index contributed by atoms with van der Waals surface area (Å²) in [5.41, 5.74) is 2.05. The van der Waals surface area contributed by atoms with E-state index in [1.54, 1.807) is 35.0 Å². The fourth-order valence-corrected chi connectivity index (χ4v) is 5.37. The van der Waals surface area contributed by atoms with Crippen molar-refractivity contribution >= 4 is 17.5 Å². The molecule has 206 valence electrons. The molecule has 1 saturated carbocycles. The van der Waals surface area contributed by atoms with Crippen LogP contribution in [0.15, 0.2) is 71.6 Å². The minimum absolute atomic E-state index is 0.00313. The Morgan fingerprint density at radius 3 is 2.60 bits per heavy atom. The van der Waals surface area contributed by atoms with Gasteiger partial charge < -0.3 is 19.2 Å². The summed E-state index contributed by atoms with van der Waals surface area (Å²) in [7, 11) is 0. The van der Waals surface area contributed by atoms with E-state index in [1.807, 2.05) is 31.2 Å². The molecule has 2 aromatic carbocycles. The molecule has 1 N–H and O–H groups in total. The number of carbonyl (C=O) groups excluding carboxylic acids is 2. The normalized spacial score (nSPS) is 17.7. The van der Waals surface area contributed by atoms with Gasteiger partial charge in [-0.3, -0.25) is 14.5 Å². The van der Waals surface area contributed by atoms with Gasteiger partial charge in [-0.25, -0.2) is 4.68 Å². The summed E-state index contributed by atoms with van der Waals surface area (Å²) in [4.78, 5) is 29.8. The molecule has 0 radical (unpaired) electrons. The highest BCUT2D eigenvalue weighted by atomic mass is 16.6. The molecule has 2 atom stereocenters. The lowest BCUT2D eigenvalue weighted by molar-refractivity contribution is -0.132. The zero-order valence-corrected chi connectivity index (χ0v) is 22.1. The Labute approximate surface area is 231 Å². The van der Waals surface area contributed by atoms with Crippen molar-refractivity contribution in [2.45, 2.75) is 57.2 Å². The second-order valence-electron chi connectivity index (χ2n) is 10.1. The predicted octanol–water partition coefficient (Wildman–Crippen LogP) is 3.93. The summed E-state index contributed by atoms with van der Waals surface area (Å²) in [6.07, 6.45) is 7.11. The third-order valence-corrected chi connectivity index (χ3v) is 7.35. The number of anilines is 1. The van der Waals surface area contributed by atoms with Gasteiger partial charge in [0.1, 0.15) is 18.7 Å². The van der Waals surface area contributed by atoms with Gasteiger partial charge in [-0.15, -0.1) is 5.10 Å². The van der Waals surface area contributed by atoms with Crippen molar-refractivity contribution in [3.8, 4) is 17.2 Å². The third kappa shape index (κ3) is 5.14. The lowest BCUT2D eigenvalue weighted by Crippen LogP contribution is -2.52. The SMILES string of the molecule is Cc1cc(N(C(=O)[C@H]2COc3ccccc3O2)[C@H](C(=O)NC2CCCCC2)c2ccco2)ccc1-n1cnnn1. The number of benzene rings is 2. The summed E-state index contributed by atoms with van der Waals surface area (Å²) in [6, 6.07) is 15.0. The van der Waals surface area contributed by atoms with Crippen LogP contribution in [0.25, 0.3) is 5.69 Å². The first-order chi connectivity index (χ1) is 19.6. The molecular formula is C29H30N6O5. The van der Waals surface area contributed by atoms with Crippen LogP contribution < -0.4 is 19.7 Å². The van der Waals surface area contributed by atoms with Crippen LogP contribution >= 0.6 is 0 Å². The molecule has 2 amide bonds. The summed E-state index contributed by atoms with van der Waals surface area (Å²) in [6.45, 7) is 1.90. The van der Waals surface area contributed by atoms with Crippen LogP contribution in [0.1, 0.15) is 49.5 Å². The van der Waals surface area contributed by atoms with Gasteiger partial charge in [0.05, 0.1) is 12.0 Å². The topological polar surface area (TPSA) is 125 Å². The Morgan fingerprint density at radius 1 is 1.05 bits per heavy atom. The number of hydrogen-bond acceptors (Lipinski definition) is 8. The van der Waals surface area contributed by atoms with Crippen LogP contribution in [0.2, 0.25) is 0 Å². The van der Waals surface area contributed by atoms with Crippen molar-refractivity contribution in [2.75, 3.05) is 11.5 Å². The molecule has 1 aliphatic carbocycles. The summed E-state index contributed by atoms with van der Waals surface area (Å²) in [5, 5.41) is 14.6. The quantitative estimate of drug-likeness (QED) is 0.373. The fraction of sp³-hybridized carbons (Fsp3) is 0.345. The lowest BCUT2D eigenvalue weighted by atomic mass is 9.95. The molecule has 2 aromatic heterocycles. The zero-order chi connectivity index (χ0) is 27.5. The maximum Gasteiger partial charge on any atom is 0.272 e. The molecule has 0 unspecified atom stereocenters. The van der Waals surface area contributed by atoms with Gasteiger partial charge in [-0.1, -0.05) is 31.4 Å². The second-order valence-corrected chi connectivity index (χ2v) is 10.1. The number of nitrogens with one attached hydrogen (secondary N) is 1. The number of tetrazole rings is 1. The molecule has 0 spiro atoms. The van der Waals surface area contributed by atoms with Crippen molar-refractivity contribution in [2.24, 2.45) is 0 Å². The highest BCUT2D eigenvalue weighted by Gasteiger charge is 2.41. The number of rotatable bonds is 7. The van der Waals surface area contributed by atoms with E-state index in [9.17, 15) is 9.59 Å². The minimum atomic E-state index is -1.07. The van der Waals surface area contributed by atoms with Gasteiger partial charge in [0.15, 0.2) is 17.5 Å². The van der Waals surface area contributed by atoms with E-state index < -0.39 is 18.1 Å². The molecule has 11 nitrogen and oxygen atoms in total. The first kappa shape index (κ1) is 25.6. The molecule has 1 fully saturated rings. The molecule has 0 bridgehead atoms. The molecule has 0 saturated heterocycles. The molecule has 11 heteroatoms. The minimum Gasteiger partial charge on any atom is -0.485 e. The number of ether oxygens (including phenoxy) is 2. The fourth-order valence-electron chi connectivity index (χ4n) is 5.37. The van der Waals surface area contributed by atoms with Gasteiger partial charge in [-0.2, -0.15) is 0 Å². The molecule has 2 aliphatic rings. The average molecular weight is 543 g/mol. The highest BCUT2D eigenvalue weighted by Crippen LogP contribution is 2.35. The number of fused-ring (bicyclic) bond motifs is 1. The van der Waals surface area contributed by atoms with E-state index in [4.69, 9.17) is 13.9 Å². The van der Waals surface area contributed by atoms with Crippen LogP contribution in [0, 0.1) is 6.92 Å². The zero-order valence-electron chi connectivity index (χ0n) is 22.1. The van der Waals surface area contributed by atoms with E-state index in [0.29, 0.717) is 22.9 Å². The number of aryl methyl sites for hydroxylation is 1. The summed E-state index contributed by atoms with van der Waals surface area (Å²) in [5.74, 6) is 0.649. The number of carbonyl (C=O) groups is 2. The molecule has 6 rings (SSSR count). The van der Waals surface area contributed by atoms with Crippen LogP contribution in [0.5, 0.6) is 11.5 Å². The molecular weight excluding hydrogens is 512 g/mol. The monoisotopic (exact) mass is 542 g/mol. The Balaban J connectivity index is 1.40. The van der Waals surface area contributed by atoms with E-state index in [1.165, 1.54) is 17.5 Å². The highest BCUT2D eigenvalue weighted by molar-refractivity contribution is 6.03. The maximum atomic E-state index is 14.3. The van der Waals surface area contributed by atoms with Crippen molar-refractivity contribution in [1.82, 2.24) is 25.5 Å². The van der Waals surface area contributed by atoms with Gasteiger partial charge in [-0.05, 0) is 78.2 Å². The standard InChI is InChI=1S/C29H30N6O5/c1-19-16-21(13-14-22(19)34-18-30-32-33-34)35(29(37)26-17-39-23-10-5-6-11-24(23)40-26)27(25-12-7-15-38-25)28(36)31-20-8-3-2-4-9-20/h5-7,10-16,18,20,26-27H,2-4,8-9,17H2,1H3,(H,31,36)/t26-,27+/m1/s1. The van der Waals surface area contributed by atoms with Gasteiger partial charge in [0.25, 0.3) is 11.8 Å². The van der Waals surface area contributed by atoms with Crippen molar-refractivity contribution < 1.29 is 23.5 Å². The van der Waals surface area contributed by atoms with Crippen molar-refractivity contribution in [1.29, 1.82) is 0 Å². The third-order valence-electron chi connectivity index (χ3n) is 7.35. The first-order valence-electron chi connectivity index (χ1n) is 13.5. The number of hydrogen-bond donors (Lipinski definition) is 1. The summed E-state index contributed by atoms with van der Waals surface area (Å²) >= 11 is 0. The number of aromatic nitrogens is 4. The Morgan fingerprint density at radius 2 is 1.88 bits per heavy atom. The smallest absolute Gasteiger partial charge is 0.272 e. The van der Waals surface area contributed by atoms with Crippen LogP contribution in [-0.2, 0) is 9.59 Å². The average Bonchev–Trinajstić information content (AvgIpc) is 3.71.